The molecule has 0 heterocycles. The highest BCUT2D eigenvalue weighted by molar-refractivity contribution is 5.71. The second-order valence-electron chi connectivity index (χ2n) is 22.0. The Kier molecular flexibility index (Phi) is 65.4. The molecule has 6 heteroatoms. The van der Waals surface area contributed by atoms with Crippen molar-refractivity contribution in [1.82, 2.24) is 0 Å². The lowest BCUT2D eigenvalue weighted by Crippen LogP contribution is -2.30. The van der Waals surface area contributed by atoms with Crippen molar-refractivity contribution in [2.75, 3.05) is 13.2 Å². The summed E-state index contributed by atoms with van der Waals surface area (Å²) in [6.45, 7) is 6.36. The van der Waals surface area contributed by atoms with Gasteiger partial charge in [-0.2, -0.15) is 0 Å². The minimum atomic E-state index is -0.816. The topological polar surface area (TPSA) is 78.9 Å². The molecule has 0 spiro atoms. The molecule has 0 radical (unpaired) electrons. The summed E-state index contributed by atoms with van der Waals surface area (Å²) in [6.07, 6.45) is 101. The molecular formula is C77H124O6. The summed E-state index contributed by atoms with van der Waals surface area (Å²) in [5, 5.41) is 0. The lowest BCUT2D eigenvalue weighted by Gasteiger charge is -2.18. The molecular weight excluding hydrogens is 1020 g/mol. The molecule has 0 saturated carbocycles. The van der Waals surface area contributed by atoms with Crippen LogP contribution in [-0.2, 0) is 28.6 Å². The molecule has 83 heavy (non-hydrogen) atoms. The molecule has 0 amide bonds. The number of esters is 3. The van der Waals surface area contributed by atoms with Gasteiger partial charge in [-0.1, -0.05) is 288 Å². The summed E-state index contributed by atoms with van der Waals surface area (Å²) in [5.41, 5.74) is 0. The van der Waals surface area contributed by atoms with Gasteiger partial charge in [-0.3, -0.25) is 14.4 Å². The van der Waals surface area contributed by atoms with Crippen LogP contribution in [0.2, 0.25) is 0 Å². The van der Waals surface area contributed by atoms with Crippen LogP contribution in [-0.4, -0.2) is 37.2 Å². The third kappa shape index (κ3) is 67.7. The Balaban J connectivity index is 4.45. The van der Waals surface area contributed by atoms with Crippen molar-refractivity contribution in [3.05, 3.63) is 158 Å². The average Bonchev–Trinajstić information content (AvgIpc) is 3.49. The Labute approximate surface area is 511 Å². The maximum absolute atomic E-state index is 12.9. The Morgan fingerprint density at radius 2 is 0.482 bits per heavy atom. The molecule has 0 aliphatic heterocycles. The zero-order valence-corrected chi connectivity index (χ0v) is 53.7. The van der Waals surface area contributed by atoms with Gasteiger partial charge in [-0.15, -0.1) is 0 Å². The van der Waals surface area contributed by atoms with Crippen LogP contribution in [0.3, 0.4) is 0 Å². The highest BCUT2D eigenvalue weighted by Gasteiger charge is 2.19. The number of unbranched alkanes of at least 4 members (excludes halogenated alkanes) is 23. The van der Waals surface area contributed by atoms with Crippen LogP contribution in [0, 0.1) is 0 Å². The minimum absolute atomic E-state index is 0.108. The first-order valence-corrected chi connectivity index (χ1v) is 34.0. The van der Waals surface area contributed by atoms with Crippen LogP contribution in [0.1, 0.15) is 290 Å². The van der Waals surface area contributed by atoms with Crippen molar-refractivity contribution in [3.8, 4) is 0 Å². The smallest absolute Gasteiger partial charge is 0.306 e. The largest absolute Gasteiger partial charge is 0.462 e. The Hall–Kier alpha value is -4.97. The summed E-state index contributed by atoms with van der Waals surface area (Å²) in [4.78, 5) is 38.4. The molecule has 0 saturated heterocycles. The van der Waals surface area contributed by atoms with Gasteiger partial charge in [0, 0.05) is 19.3 Å². The predicted octanol–water partition coefficient (Wildman–Crippen LogP) is 23.7. The quantitative estimate of drug-likeness (QED) is 0.0261. The molecule has 0 rings (SSSR count). The maximum atomic E-state index is 12.9. The fourth-order valence-electron chi connectivity index (χ4n) is 8.98. The molecule has 0 aliphatic rings. The number of hydrogen-bond donors (Lipinski definition) is 0. The second-order valence-corrected chi connectivity index (χ2v) is 22.0. The lowest BCUT2D eigenvalue weighted by molar-refractivity contribution is -0.167. The minimum Gasteiger partial charge on any atom is -0.462 e. The van der Waals surface area contributed by atoms with Crippen molar-refractivity contribution >= 4 is 17.9 Å². The van der Waals surface area contributed by atoms with Crippen LogP contribution >= 0.6 is 0 Å². The molecule has 0 aromatic carbocycles. The number of ether oxygens (including phenoxy) is 3. The average molecular weight is 1150 g/mol. The highest BCUT2D eigenvalue weighted by Crippen LogP contribution is 2.15. The fraction of sp³-hybridized carbons (Fsp3) is 0.623. The normalized spacial score (nSPS) is 13.1. The first-order chi connectivity index (χ1) is 41.0. The van der Waals surface area contributed by atoms with Crippen molar-refractivity contribution in [2.45, 2.75) is 297 Å². The fourth-order valence-corrected chi connectivity index (χ4v) is 8.98. The number of allylic oxidation sites excluding steroid dienone is 26. The van der Waals surface area contributed by atoms with Gasteiger partial charge >= 0.3 is 17.9 Å². The third-order valence-electron chi connectivity index (χ3n) is 14.0. The van der Waals surface area contributed by atoms with E-state index in [0.717, 1.165) is 128 Å². The summed E-state index contributed by atoms with van der Waals surface area (Å²) in [5.74, 6) is -0.979. The van der Waals surface area contributed by atoms with Gasteiger partial charge in [0.2, 0.25) is 0 Å². The van der Waals surface area contributed by atoms with Gasteiger partial charge < -0.3 is 14.2 Å². The molecule has 1 atom stereocenters. The standard InChI is InChI=1S/C77H124O6/c1-4-7-10-13-16-19-22-25-28-31-33-34-35-36-37-38-39-40-41-42-44-46-49-52-55-58-61-64-67-70-76(79)82-73-74(72-81-75(78)69-66-63-60-57-54-51-48-45-30-27-24-21-18-15-12-9-6-3)83-77(80)71-68-65-62-59-56-53-50-47-43-32-29-26-23-20-17-14-11-8-5-2/h7,9-10,12,16,18-19,21,25-30,33-34,36-37,39-40,42,44,48,51,57,60,74H,4-6,8,11,13-15,17,20,22-24,31-32,35,38,41,43,45-47,49-50,52-56,58-59,61-73H2,1-3H3/b10-7-,12-9-,19-16-,21-18-,28-25-,29-26-,30-27-,34-33-,37-36-,40-39-,44-42-,51-48-,60-57-. The third-order valence-corrected chi connectivity index (χ3v) is 14.0. The highest BCUT2D eigenvalue weighted by atomic mass is 16.6. The zero-order chi connectivity index (χ0) is 59.9. The van der Waals surface area contributed by atoms with Crippen molar-refractivity contribution in [2.24, 2.45) is 0 Å². The molecule has 0 aromatic rings. The van der Waals surface area contributed by atoms with Crippen LogP contribution in [0.5, 0.6) is 0 Å². The predicted molar refractivity (Wildman–Crippen MR) is 362 cm³/mol. The Morgan fingerprint density at radius 1 is 0.253 bits per heavy atom. The summed E-state index contributed by atoms with van der Waals surface area (Å²) in [6, 6.07) is 0. The van der Waals surface area contributed by atoms with E-state index in [4.69, 9.17) is 14.2 Å². The van der Waals surface area contributed by atoms with Crippen LogP contribution in [0.15, 0.2) is 158 Å². The monoisotopic (exact) mass is 1140 g/mol. The molecule has 468 valence electrons. The lowest BCUT2D eigenvalue weighted by atomic mass is 10.1. The molecule has 1 unspecified atom stereocenters. The molecule has 0 N–H and O–H groups in total. The van der Waals surface area contributed by atoms with Crippen LogP contribution in [0.4, 0.5) is 0 Å². The van der Waals surface area contributed by atoms with Gasteiger partial charge in [-0.25, -0.2) is 0 Å². The van der Waals surface area contributed by atoms with Crippen molar-refractivity contribution < 1.29 is 28.6 Å². The number of carbonyl (C=O) groups is 3. The molecule has 0 fully saturated rings. The summed E-state index contributed by atoms with van der Waals surface area (Å²) in [7, 11) is 0. The van der Waals surface area contributed by atoms with E-state index < -0.39 is 6.10 Å². The SMILES string of the molecule is CC/C=C\C/C=C\C/C=C\C/C=C\C/C=C\C/C=C\C/C=C\CCCCCCCCCC(=O)OCC(COC(=O)CCC/C=C\C/C=C\C/C=C\C/C=C\C/C=C\CC)OC(=O)CCCCCCCCCCC/C=C\CCCCCCCC. The van der Waals surface area contributed by atoms with E-state index in [1.54, 1.807) is 0 Å². The van der Waals surface area contributed by atoms with Crippen LogP contribution in [0.25, 0.3) is 0 Å². The first kappa shape index (κ1) is 78.0. The van der Waals surface area contributed by atoms with Gasteiger partial charge in [0.15, 0.2) is 6.10 Å². The van der Waals surface area contributed by atoms with E-state index in [1.807, 2.05) is 0 Å². The van der Waals surface area contributed by atoms with E-state index in [2.05, 4.69) is 179 Å². The van der Waals surface area contributed by atoms with E-state index >= 15 is 0 Å². The Bertz CT molecular complexity index is 1840. The van der Waals surface area contributed by atoms with Gasteiger partial charge in [0.1, 0.15) is 13.2 Å². The van der Waals surface area contributed by atoms with Crippen molar-refractivity contribution in [1.29, 1.82) is 0 Å². The second kappa shape index (κ2) is 69.5. The van der Waals surface area contributed by atoms with Crippen molar-refractivity contribution in [3.63, 3.8) is 0 Å². The Morgan fingerprint density at radius 3 is 0.795 bits per heavy atom. The van der Waals surface area contributed by atoms with Crippen LogP contribution < -0.4 is 0 Å². The summed E-state index contributed by atoms with van der Waals surface area (Å²) >= 11 is 0. The molecule has 6 nitrogen and oxygen atoms in total. The maximum Gasteiger partial charge on any atom is 0.306 e. The van der Waals surface area contributed by atoms with E-state index in [9.17, 15) is 14.4 Å². The molecule has 0 aliphatic carbocycles. The zero-order valence-electron chi connectivity index (χ0n) is 53.7. The number of hydrogen-bond acceptors (Lipinski definition) is 6. The number of rotatable bonds is 60. The van der Waals surface area contributed by atoms with Gasteiger partial charge in [-0.05, 0) is 141 Å². The van der Waals surface area contributed by atoms with E-state index in [1.165, 1.54) is 116 Å². The number of carbonyl (C=O) groups excluding carboxylic acids is 3. The van der Waals surface area contributed by atoms with E-state index in [0.29, 0.717) is 19.3 Å². The summed E-state index contributed by atoms with van der Waals surface area (Å²) < 4.78 is 16.9. The molecule has 0 bridgehead atoms. The first-order valence-electron chi connectivity index (χ1n) is 34.0. The molecule has 0 aromatic heterocycles. The van der Waals surface area contributed by atoms with Gasteiger partial charge in [0.25, 0.3) is 0 Å². The van der Waals surface area contributed by atoms with Gasteiger partial charge in [0.05, 0.1) is 0 Å². The van der Waals surface area contributed by atoms with E-state index in [-0.39, 0.29) is 37.5 Å².